The molecule has 1 aliphatic rings. The highest BCUT2D eigenvalue weighted by atomic mass is 19.4. The smallest absolute Gasteiger partial charge is 0.334 e. The van der Waals surface area contributed by atoms with Gasteiger partial charge in [0.25, 0.3) is 0 Å². The first kappa shape index (κ1) is 20.2. The summed E-state index contributed by atoms with van der Waals surface area (Å²) in [5, 5.41) is 2.26. The zero-order valence-corrected chi connectivity index (χ0v) is 14.7. The minimum atomic E-state index is -4.57. The fourth-order valence-corrected chi connectivity index (χ4v) is 3.25. The molecule has 0 radical (unpaired) electrons. The van der Waals surface area contributed by atoms with E-state index in [9.17, 15) is 22.8 Å². The Morgan fingerprint density at radius 2 is 1.96 bits per heavy atom. The van der Waals surface area contributed by atoms with E-state index in [1.165, 1.54) is 23.1 Å². The molecule has 0 saturated heterocycles. The monoisotopic (exact) mass is 371 g/mol. The topological polar surface area (TPSA) is 75.4 Å². The fourth-order valence-electron chi connectivity index (χ4n) is 3.25. The molecule has 0 spiro atoms. The number of likely N-dealkylation sites (N-methyl/N-ethyl adjacent to an activating group) is 1. The Hall–Kier alpha value is -2.09. The second-order valence-corrected chi connectivity index (χ2v) is 6.56. The molecule has 1 aliphatic carbocycles. The Morgan fingerprint density at radius 3 is 2.54 bits per heavy atom. The van der Waals surface area contributed by atoms with Crippen molar-refractivity contribution in [2.24, 2.45) is 11.7 Å². The number of anilines is 1. The summed E-state index contributed by atoms with van der Waals surface area (Å²) in [7, 11) is 0. The quantitative estimate of drug-likeness (QED) is 0.807. The van der Waals surface area contributed by atoms with Crippen molar-refractivity contribution in [1.82, 2.24) is 4.90 Å². The minimum Gasteiger partial charge on any atom is -0.334 e. The van der Waals surface area contributed by atoms with Crippen LogP contribution >= 0.6 is 0 Å². The maximum Gasteiger partial charge on any atom is 0.418 e. The molecule has 1 aromatic rings. The van der Waals surface area contributed by atoms with Crippen LogP contribution < -0.4 is 11.1 Å². The lowest BCUT2D eigenvalue weighted by Crippen LogP contribution is -2.40. The Balaban J connectivity index is 1.98. The molecule has 0 bridgehead atoms. The van der Waals surface area contributed by atoms with E-state index in [1.807, 2.05) is 0 Å². The average Bonchev–Trinajstić information content (AvgIpc) is 2.97. The first-order valence-electron chi connectivity index (χ1n) is 8.71. The van der Waals surface area contributed by atoms with Gasteiger partial charge in [0.15, 0.2) is 0 Å². The van der Waals surface area contributed by atoms with Crippen molar-refractivity contribution >= 4 is 17.5 Å². The van der Waals surface area contributed by atoms with Gasteiger partial charge in [0, 0.05) is 19.0 Å². The van der Waals surface area contributed by atoms with Crippen LogP contribution in [0.4, 0.5) is 18.9 Å². The SMILES string of the molecule is CCN(CC(=O)Nc1ccccc1C(F)(F)F)C(=O)C[C@@H]1CCC[C@H]1N. The lowest BCUT2D eigenvalue weighted by atomic mass is 9.99. The van der Waals surface area contributed by atoms with E-state index in [0.29, 0.717) is 6.54 Å². The van der Waals surface area contributed by atoms with Crippen molar-refractivity contribution in [3.05, 3.63) is 29.8 Å². The van der Waals surface area contributed by atoms with Crippen LogP contribution in [-0.4, -0.2) is 35.8 Å². The second-order valence-electron chi connectivity index (χ2n) is 6.56. The normalized spacial score (nSPS) is 20.0. The van der Waals surface area contributed by atoms with Gasteiger partial charge in [0.05, 0.1) is 17.8 Å². The van der Waals surface area contributed by atoms with E-state index in [4.69, 9.17) is 5.73 Å². The molecule has 1 aromatic carbocycles. The predicted octanol–water partition coefficient (Wildman–Crippen LogP) is 3.01. The van der Waals surface area contributed by atoms with Crippen molar-refractivity contribution in [1.29, 1.82) is 0 Å². The van der Waals surface area contributed by atoms with Gasteiger partial charge < -0.3 is 16.0 Å². The first-order chi connectivity index (χ1) is 12.2. The molecule has 2 atom stereocenters. The van der Waals surface area contributed by atoms with Gasteiger partial charge in [-0.2, -0.15) is 13.2 Å². The Labute approximate surface area is 150 Å². The van der Waals surface area contributed by atoms with Crippen LogP contribution in [0.3, 0.4) is 0 Å². The minimum absolute atomic E-state index is 0.00912. The molecule has 0 unspecified atom stereocenters. The van der Waals surface area contributed by atoms with E-state index in [0.717, 1.165) is 25.3 Å². The molecular formula is C18H24F3N3O2. The molecule has 2 rings (SSSR count). The average molecular weight is 371 g/mol. The second kappa shape index (κ2) is 8.53. The summed E-state index contributed by atoms with van der Waals surface area (Å²) in [6.45, 7) is 1.74. The number of rotatable bonds is 6. The Bertz CT molecular complexity index is 649. The lowest BCUT2D eigenvalue weighted by Gasteiger charge is -2.24. The van der Waals surface area contributed by atoms with Crippen LogP contribution in [0.2, 0.25) is 0 Å². The van der Waals surface area contributed by atoms with E-state index >= 15 is 0 Å². The van der Waals surface area contributed by atoms with Crippen LogP contribution in [0.15, 0.2) is 24.3 Å². The molecule has 3 N–H and O–H groups in total. The van der Waals surface area contributed by atoms with Crippen molar-refractivity contribution in [2.45, 2.75) is 44.8 Å². The number of nitrogens with two attached hydrogens (primary N) is 1. The summed E-state index contributed by atoms with van der Waals surface area (Å²) in [5.74, 6) is -0.757. The highest BCUT2D eigenvalue weighted by Crippen LogP contribution is 2.34. The molecule has 0 aromatic heterocycles. The number of para-hydroxylation sites is 1. The molecule has 144 valence electrons. The number of hydrogen-bond donors (Lipinski definition) is 2. The van der Waals surface area contributed by atoms with Gasteiger partial charge in [0.2, 0.25) is 11.8 Å². The number of carbonyl (C=O) groups is 2. The third-order valence-electron chi connectivity index (χ3n) is 4.73. The maximum atomic E-state index is 13.0. The zero-order chi connectivity index (χ0) is 19.3. The molecule has 1 saturated carbocycles. The molecule has 5 nitrogen and oxygen atoms in total. The van der Waals surface area contributed by atoms with Crippen LogP contribution in [0.25, 0.3) is 0 Å². The molecule has 0 aliphatic heterocycles. The Morgan fingerprint density at radius 1 is 1.27 bits per heavy atom. The number of alkyl halides is 3. The molecule has 2 amide bonds. The number of benzene rings is 1. The zero-order valence-electron chi connectivity index (χ0n) is 14.7. The van der Waals surface area contributed by atoms with Crippen molar-refractivity contribution in [3.63, 3.8) is 0 Å². The summed E-state index contributed by atoms with van der Waals surface area (Å²) < 4.78 is 39.0. The number of nitrogens with zero attached hydrogens (tertiary/aromatic N) is 1. The number of amides is 2. The highest BCUT2D eigenvalue weighted by molar-refractivity contribution is 5.95. The third-order valence-corrected chi connectivity index (χ3v) is 4.73. The first-order valence-corrected chi connectivity index (χ1v) is 8.71. The summed E-state index contributed by atoms with van der Waals surface area (Å²) in [5.41, 5.74) is 4.74. The molecule has 8 heteroatoms. The van der Waals surface area contributed by atoms with Crippen molar-refractivity contribution < 1.29 is 22.8 Å². The fraction of sp³-hybridized carbons (Fsp3) is 0.556. The van der Waals surface area contributed by atoms with Gasteiger partial charge >= 0.3 is 6.18 Å². The molecule has 0 heterocycles. The van der Waals surface area contributed by atoms with Gasteiger partial charge in [0.1, 0.15) is 0 Å². The number of nitrogens with one attached hydrogen (secondary N) is 1. The number of hydrogen-bond acceptors (Lipinski definition) is 3. The number of carbonyl (C=O) groups excluding carboxylic acids is 2. The van der Waals surface area contributed by atoms with Crippen LogP contribution in [0.1, 0.15) is 38.2 Å². The van der Waals surface area contributed by atoms with E-state index < -0.39 is 17.6 Å². The standard InChI is InChI=1S/C18H24F3N3O2/c1-2-24(17(26)10-12-6-5-8-14(12)22)11-16(25)23-15-9-4-3-7-13(15)18(19,20)21/h3-4,7,9,12,14H,2,5-6,8,10-11,22H2,1H3,(H,23,25)/t12-,14+/m0/s1. The summed E-state index contributed by atoms with van der Waals surface area (Å²) in [6.07, 6.45) is -1.54. The molecule has 1 fully saturated rings. The van der Waals surface area contributed by atoms with Crippen LogP contribution in [-0.2, 0) is 15.8 Å². The number of halogens is 3. The van der Waals surface area contributed by atoms with Crippen molar-refractivity contribution in [2.75, 3.05) is 18.4 Å². The Kier molecular flexibility index (Phi) is 6.63. The van der Waals surface area contributed by atoms with Gasteiger partial charge in [-0.1, -0.05) is 18.6 Å². The van der Waals surface area contributed by atoms with Crippen LogP contribution in [0.5, 0.6) is 0 Å². The van der Waals surface area contributed by atoms with E-state index in [1.54, 1.807) is 6.92 Å². The van der Waals surface area contributed by atoms with Crippen molar-refractivity contribution in [3.8, 4) is 0 Å². The molecule has 26 heavy (non-hydrogen) atoms. The predicted molar refractivity (Wildman–Crippen MR) is 92.3 cm³/mol. The molecular weight excluding hydrogens is 347 g/mol. The summed E-state index contributed by atoms with van der Waals surface area (Å²) in [4.78, 5) is 25.9. The van der Waals surface area contributed by atoms with E-state index in [2.05, 4.69) is 5.32 Å². The third kappa shape index (κ3) is 5.20. The summed E-state index contributed by atoms with van der Waals surface area (Å²) >= 11 is 0. The summed E-state index contributed by atoms with van der Waals surface area (Å²) in [6, 6.07) is 4.75. The largest absolute Gasteiger partial charge is 0.418 e. The maximum absolute atomic E-state index is 13.0. The van der Waals surface area contributed by atoms with Crippen LogP contribution in [0, 0.1) is 5.92 Å². The van der Waals surface area contributed by atoms with Gasteiger partial charge in [-0.15, -0.1) is 0 Å². The van der Waals surface area contributed by atoms with E-state index in [-0.39, 0.29) is 36.5 Å². The van der Waals surface area contributed by atoms with Gasteiger partial charge in [-0.3, -0.25) is 9.59 Å². The van der Waals surface area contributed by atoms with Gasteiger partial charge in [-0.05, 0) is 37.8 Å². The van der Waals surface area contributed by atoms with Gasteiger partial charge in [-0.25, -0.2) is 0 Å². The highest BCUT2D eigenvalue weighted by Gasteiger charge is 2.34. The lowest BCUT2D eigenvalue weighted by molar-refractivity contribution is -0.137.